The molecule has 0 radical (unpaired) electrons. The van der Waals surface area contributed by atoms with E-state index in [1.807, 2.05) is 6.92 Å². The summed E-state index contributed by atoms with van der Waals surface area (Å²) in [5.74, 6) is 1.84. The smallest absolute Gasteiger partial charge is 0.358 e. The molecule has 1 aliphatic heterocycles. The lowest BCUT2D eigenvalue weighted by molar-refractivity contribution is -0.352. The third kappa shape index (κ3) is 2.58. The van der Waals surface area contributed by atoms with Crippen molar-refractivity contribution in [2.45, 2.75) is 26.3 Å². The Hall–Kier alpha value is -0.780. The van der Waals surface area contributed by atoms with E-state index in [0.717, 1.165) is 11.6 Å². The van der Waals surface area contributed by atoms with Gasteiger partial charge in [-0.2, -0.15) is 5.01 Å². The van der Waals surface area contributed by atoms with Gasteiger partial charge in [-0.3, -0.25) is 0 Å². The first kappa shape index (κ1) is 10.3. The van der Waals surface area contributed by atoms with Gasteiger partial charge in [0, 0.05) is 0 Å². The molecule has 74 valence electrons. The molecule has 0 saturated heterocycles. The molecule has 0 N–H and O–H groups in total. The second-order valence-corrected chi connectivity index (χ2v) is 4.13. The number of nitrogens with zero attached hydrogens (tertiary/aromatic N) is 3. The fourth-order valence-electron chi connectivity index (χ4n) is 1.11. The van der Waals surface area contributed by atoms with Crippen LogP contribution in [0.1, 0.15) is 20.3 Å². The van der Waals surface area contributed by atoms with Crippen LogP contribution in [0.3, 0.4) is 0 Å². The van der Waals surface area contributed by atoms with Crippen molar-refractivity contribution in [1.82, 2.24) is 5.01 Å². The van der Waals surface area contributed by atoms with Gasteiger partial charge in [-0.1, -0.05) is 6.92 Å². The van der Waals surface area contributed by atoms with E-state index < -0.39 is 4.92 Å². The first-order chi connectivity index (χ1) is 6.15. The maximum absolute atomic E-state index is 10.4. The van der Waals surface area contributed by atoms with E-state index in [2.05, 4.69) is 12.0 Å². The number of hydrogen-bond donors (Lipinski definition) is 0. The Morgan fingerprint density at radius 3 is 3.00 bits per heavy atom. The van der Waals surface area contributed by atoms with Gasteiger partial charge in [0.25, 0.3) is 0 Å². The predicted octanol–water partition coefficient (Wildman–Crippen LogP) is 1.38. The van der Waals surface area contributed by atoms with Crippen molar-refractivity contribution in [3.05, 3.63) is 10.1 Å². The topological polar surface area (TPSA) is 58.7 Å². The fourth-order valence-corrected chi connectivity index (χ4v) is 1.79. The zero-order valence-corrected chi connectivity index (χ0v) is 8.58. The molecule has 1 rings (SSSR count). The third-order valence-electron chi connectivity index (χ3n) is 1.87. The Kier molecular flexibility index (Phi) is 3.53. The second-order valence-electron chi connectivity index (χ2n) is 2.89. The maximum atomic E-state index is 10.4. The molecule has 5 nitrogen and oxygen atoms in total. The van der Waals surface area contributed by atoms with Crippen LogP contribution in [0, 0.1) is 10.1 Å². The van der Waals surface area contributed by atoms with Crippen molar-refractivity contribution in [3.8, 4) is 0 Å². The van der Waals surface area contributed by atoms with Gasteiger partial charge in [-0.05, 0) is 17.6 Å². The standard InChI is InChI=1S/C7H13N3O2S/c1-3-13-5-9-6(2)4-7(8-9)10(11)12/h6H,3-5H2,1-2H3. The normalized spacial score (nSPS) is 21.8. The van der Waals surface area contributed by atoms with Crippen molar-refractivity contribution < 1.29 is 4.92 Å². The molecule has 1 unspecified atom stereocenters. The highest BCUT2D eigenvalue weighted by atomic mass is 32.2. The number of hydrazone groups is 1. The van der Waals surface area contributed by atoms with Crippen molar-refractivity contribution in [2.24, 2.45) is 5.10 Å². The van der Waals surface area contributed by atoms with Crippen molar-refractivity contribution in [1.29, 1.82) is 0 Å². The van der Waals surface area contributed by atoms with Gasteiger partial charge < -0.3 is 10.1 Å². The molecule has 0 amide bonds. The van der Waals surface area contributed by atoms with E-state index in [0.29, 0.717) is 6.42 Å². The summed E-state index contributed by atoms with van der Waals surface area (Å²) in [6.45, 7) is 4.01. The zero-order valence-electron chi connectivity index (χ0n) is 7.77. The summed E-state index contributed by atoms with van der Waals surface area (Å²) in [7, 11) is 0. The fraction of sp³-hybridized carbons (Fsp3) is 0.857. The molecule has 0 fully saturated rings. The minimum absolute atomic E-state index is 0.0872. The molecule has 0 aromatic rings. The Bertz CT molecular complexity index is 232. The van der Waals surface area contributed by atoms with Crippen LogP contribution < -0.4 is 0 Å². The summed E-state index contributed by atoms with van der Waals surface area (Å²) in [4.78, 5) is 10.0. The average Bonchev–Trinajstić information content (AvgIpc) is 2.44. The van der Waals surface area contributed by atoms with Crippen LogP contribution in [0.25, 0.3) is 0 Å². The van der Waals surface area contributed by atoms with Crippen LogP contribution in [0.5, 0.6) is 0 Å². The van der Waals surface area contributed by atoms with E-state index in [1.165, 1.54) is 0 Å². The Morgan fingerprint density at radius 1 is 1.85 bits per heavy atom. The summed E-state index contributed by atoms with van der Waals surface area (Å²) in [6, 6.07) is 0.166. The number of amidine groups is 1. The Labute approximate surface area is 81.3 Å². The van der Waals surface area contributed by atoms with Gasteiger partial charge in [-0.25, -0.2) is 0 Å². The molecule has 0 bridgehead atoms. The highest BCUT2D eigenvalue weighted by molar-refractivity contribution is 7.99. The van der Waals surface area contributed by atoms with Gasteiger partial charge in [0.05, 0.1) is 17.6 Å². The van der Waals surface area contributed by atoms with Crippen LogP contribution in [-0.4, -0.2) is 33.4 Å². The van der Waals surface area contributed by atoms with Crippen LogP contribution in [0.2, 0.25) is 0 Å². The van der Waals surface area contributed by atoms with Crippen LogP contribution in [0.4, 0.5) is 0 Å². The van der Waals surface area contributed by atoms with Crippen molar-refractivity contribution in [2.75, 3.05) is 11.6 Å². The van der Waals surface area contributed by atoms with Gasteiger partial charge >= 0.3 is 5.84 Å². The molecule has 0 aliphatic carbocycles. The van der Waals surface area contributed by atoms with Crippen molar-refractivity contribution in [3.63, 3.8) is 0 Å². The molecule has 13 heavy (non-hydrogen) atoms. The summed E-state index contributed by atoms with van der Waals surface area (Å²) in [5, 5.41) is 16.1. The lowest BCUT2D eigenvalue weighted by Gasteiger charge is -2.12. The molecule has 0 aromatic heterocycles. The molecular weight excluding hydrogens is 190 g/mol. The van der Waals surface area contributed by atoms with Gasteiger partial charge in [0.1, 0.15) is 5.88 Å². The summed E-state index contributed by atoms with van der Waals surface area (Å²) < 4.78 is 0. The minimum Gasteiger partial charge on any atom is -0.358 e. The number of thioether (sulfide) groups is 1. The summed E-state index contributed by atoms with van der Waals surface area (Å²) in [5.41, 5.74) is 0. The van der Waals surface area contributed by atoms with E-state index >= 15 is 0 Å². The van der Waals surface area contributed by atoms with E-state index in [4.69, 9.17) is 0 Å². The molecular formula is C7H13N3O2S. The van der Waals surface area contributed by atoms with Gasteiger partial charge in [0.15, 0.2) is 0 Å². The highest BCUT2D eigenvalue weighted by Crippen LogP contribution is 2.18. The Morgan fingerprint density at radius 2 is 2.54 bits per heavy atom. The molecule has 0 spiro atoms. The van der Waals surface area contributed by atoms with Crippen molar-refractivity contribution >= 4 is 17.6 Å². The average molecular weight is 203 g/mol. The number of rotatable bonds is 3. The number of hydrogen-bond acceptors (Lipinski definition) is 5. The minimum atomic E-state index is -0.396. The second kappa shape index (κ2) is 4.45. The molecule has 1 heterocycles. The molecule has 1 atom stereocenters. The van der Waals surface area contributed by atoms with Gasteiger partial charge in [0.2, 0.25) is 0 Å². The lowest BCUT2D eigenvalue weighted by atomic mass is 10.2. The monoisotopic (exact) mass is 203 g/mol. The van der Waals surface area contributed by atoms with E-state index in [1.54, 1.807) is 16.8 Å². The van der Waals surface area contributed by atoms with E-state index in [-0.39, 0.29) is 11.9 Å². The van der Waals surface area contributed by atoms with Gasteiger partial charge in [-0.15, -0.1) is 11.8 Å². The number of nitro groups is 1. The quantitative estimate of drug-likeness (QED) is 0.513. The van der Waals surface area contributed by atoms with Crippen LogP contribution in [-0.2, 0) is 0 Å². The zero-order chi connectivity index (χ0) is 9.84. The van der Waals surface area contributed by atoms with E-state index in [9.17, 15) is 10.1 Å². The molecule has 6 heteroatoms. The lowest BCUT2D eigenvalue weighted by Crippen LogP contribution is -2.23. The SMILES string of the molecule is CCSCN1N=C([N+](=O)[O-])CC1C. The summed E-state index contributed by atoms with van der Waals surface area (Å²) in [6.07, 6.45) is 0.456. The van der Waals surface area contributed by atoms with Crippen LogP contribution >= 0.6 is 11.8 Å². The summed E-state index contributed by atoms with van der Waals surface area (Å²) >= 11 is 1.72. The first-order valence-corrected chi connectivity index (χ1v) is 5.37. The molecule has 1 aliphatic rings. The third-order valence-corrected chi connectivity index (χ3v) is 2.72. The molecule has 0 saturated carbocycles. The molecule has 0 aromatic carbocycles. The predicted molar refractivity (Wildman–Crippen MR) is 53.3 cm³/mol. The van der Waals surface area contributed by atoms with Crippen LogP contribution in [0.15, 0.2) is 5.10 Å². The Balaban J connectivity index is 2.51. The largest absolute Gasteiger partial charge is 0.365 e. The first-order valence-electron chi connectivity index (χ1n) is 4.21. The highest BCUT2D eigenvalue weighted by Gasteiger charge is 2.32. The maximum Gasteiger partial charge on any atom is 0.365 e.